The molecule has 0 amide bonds. The number of rotatable bonds is 6. The highest BCUT2D eigenvalue weighted by molar-refractivity contribution is 7.15. The summed E-state index contributed by atoms with van der Waals surface area (Å²) < 4.78 is 0. The van der Waals surface area contributed by atoms with E-state index in [1.165, 1.54) is 21.6 Å². The lowest BCUT2D eigenvalue weighted by atomic mass is 9.99. The number of nitrogens with zero attached hydrogens (tertiary/aromatic N) is 1. The molecule has 1 aromatic heterocycles. The van der Waals surface area contributed by atoms with Crippen LogP contribution in [0.3, 0.4) is 0 Å². The van der Waals surface area contributed by atoms with E-state index in [0.29, 0.717) is 0 Å². The highest BCUT2D eigenvalue weighted by Crippen LogP contribution is 2.26. The number of hydrogen-bond donors (Lipinski definition) is 1. The second-order valence-corrected chi connectivity index (χ2v) is 7.25. The molecule has 0 spiro atoms. The summed E-state index contributed by atoms with van der Waals surface area (Å²) in [4.78, 5) is 5.83. The van der Waals surface area contributed by atoms with Crippen LogP contribution in [0.4, 0.5) is 0 Å². The van der Waals surface area contributed by atoms with Gasteiger partial charge < -0.3 is 5.32 Å². The SMILES string of the molecule is c1ccc(-c2ncc(CNC(c3ccccc3)c3ccccc3)s2)cc1. The van der Waals surface area contributed by atoms with E-state index in [1.54, 1.807) is 11.3 Å². The quantitative estimate of drug-likeness (QED) is 0.480. The van der Waals surface area contributed by atoms with Crippen LogP contribution < -0.4 is 5.32 Å². The van der Waals surface area contributed by atoms with E-state index in [0.717, 1.165) is 11.6 Å². The first-order chi connectivity index (χ1) is 12.9. The van der Waals surface area contributed by atoms with Crippen molar-refractivity contribution in [3.8, 4) is 10.6 Å². The van der Waals surface area contributed by atoms with Crippen LogP contribution in [0, 0.1) is 0 Å². The van der Waals surface area contributed by atoms with Gasteiger partial charge in [-0.1, -0.05) is 91.0 Å². The van der Waals surface area contributed by atoms with E-state index in [4.69, 9.17) is 0 Å². The molecule has 0 fully saturated rings. The molecule has 0 radical (unpaired) electrons. The number of thiazole rings is 1. The smallest absolute Gasteiger partial charge is 0.123 e. The molecular weight excluding hydrogens is 336 g/mol. The van der Waals surface area contributed by atoms with E-state index < -0.39 is 0 Å². The molecule has 1 heterocycles. The van der Waals surface area contributed by atoms with Crippen LogP contribution in [0.2, 0.25) is 0 Å². The summed E-state index contributed by atoms with van der Waals surface area (Å²) in [5.74, 6) is 0. The molecule has 0 aliphatic rings. The van der Waals surface area contributed by atoms with E-state index in [9.17, 15) is 0 Å². The van der Waals surface area contributed by atoms with Crippen molar-refractivity contribution in [2.24, 2.45) is 0 Å². The normalized spacial score (nSPS) is 11.0. The van der Waals surface area contributed by atoms with Gasteiger partial charge >= 0.3 is 0 Å². The number of aromatic nitrogens is 1. The summed E-state index contributed by atoms with van der Waals surface area (Å²) in [5.41, 5.74) is 3.71. The van der Waals surface area contributed by atoms with Gasteiger partial charge in [0.05, 0.1) is 6.04 Å². The van der Waals surface area contributed by atoms with Crippen LogP contribution in [-0.4, -0.2) is 4.98 Å². The van der Waals surface area contributed by atoms with Gasteiger partial charge in [0.15, 0.2) is 0 Å². The highest BCUT2D eigenvalue weighted by Gasteiger charge is 2.14. The van der Waals surface area contributed by atoms with Crippen molar-refractivity contribution in [3.05, 3.63) is 113 Å². The Balaban J connectivity index is 1.53. The molecule has 0 aliphatic carbocycles. The van der Waals surface area contributed by atoms with Gasteiger partial charge in [-0.25, -0.2) is 4.98 Å². The zero-order valence-electron chi connectivity index (χ0n) is 14.4. The van der Waals surface area contributed by atoms with Crippen LogP contribution >= 0.6 is 11.3 Å². The molecular formula is C23H20N2S. The van der Waals surface area contributed by atoms with Gasteiger partial charge in [0.25, 0.3) is 0 Å². The standard InChI is InChI=1S/C23H20N2S/c1-4-10-18(11-5-1)22(19-12-6-2-7-13-19)24-16-21-17-25-23(26-21)20-14-8-3-9-15-20/h1-15,17,22,24H,16H2. The van der Waals surface area contributed by atoms with E-state index in [-0.39, 0.29) is 6.04 Å². The molecule has 0 saturated heterocycles. The zero-order valence-corrected chi connectivity index (χ0v) is 15.2. The Kier molecular flexibility index (Phi) is 5.19. The van der Waals surface area contributed by atoms with E-state index in [1.807, 2.05) is 12.3 Å². The fraction of sp³-hybridized carbons (Fsp3) is 0.0870. The van der Waals surface area contributed by atoms with Crippen molar-refractivity contribution >= 4 is 11.3 Å². The molecule has 4 rings (SSSR count). The average molecular weight is 356 g/mol. The van der Waals surface area contributed by atoms with Crippen LogP contribution in [-0.2, 0) is 6.54 Å². The summed E-state index contributed by atoms with van der Waals surface area (Å²) in [5, 5.41) is 4.77. The Bertz CT molecular complexity index is 894. The van der Waals surface area contributed by atoms with Crippen molar-refractivity contribution < 1.29 is 0 Å². The zero-order chi connectivity index (χ0) is 17.6. The first-order valence-corrected chi connectivity index (χ1v) is 9.55. The predicted molar refractivity (Wildman–Crippen MR) is 109 cm³/mol. The molecule has 0 aliphatic heterocycles. The van der Waals surface area contributed by atoms with E-state index >= 15 is 0 Å². The second kappa shape index (κ2) is 8.09. The fourth-order valence-corrected chi connectivity index (χ4v) is 3.89. The maximum atomic E-state index is 4.59. The lowest BCUT2D eigenvalue weighted by Gasteiger charge is -2.19. The van der Waals surface area contributed by atoms with E-state index in [2.05, 4.69) is 95.2 Å². The molecule has 0 saturated carbocycles. The minimum absolute atomic E-state index is 0.166. The Labute approximate surface area is 158 Å². The highest BCUT2D eigenvalue weighted by atomic mass is 32.1. The molecule has 1 N–H and O–H groups in total. The Hall–Kier alpha value is -2.75. The monoisotopic (exact) mass is 356 g/mol. The number of nitrogens with one attached hydrogen (secondary N) is 1. The Morgan fingerprint density at radius 1 is 0.731 bits per heavy atom. The van der Waals surface area contributed by atoms with Crippen molar-refractivity contribution in [2.45, 2.75) is 12.6 Å². The molecule has 0 bridgehead atoms. The minimum Gasteiger partial charge on any atom is -0.301 e. The maximum absolute atomic E-state index is 4.59. The van der Waals surface area contributed by atoms with Gasteiger partial charge in [-0.05, 0) is 11.1 Å². The summed E-state index contributed by atoms with van der Waals surface area (Å²) in [6, 6.07) is 31.7. The molecule has 3 aromatic carbocycles. The first kappa shape index (κ1) is 16.7. The first-order valence-electron chi connectivity index (χ1n) is 8.73. The largest absolute Gasteiger partial charge is 0.301 e. The fourth-order valence-electron chi connectivity index (χ4n) is 3.03. The van der Waals surface area contributed by atoms with Gasteiger partial charge in [0.1, 0.15) is 5.01 Å². The molecule has 3 heteroatoms. The van der Waals surface area contributed by atoms with Gasteiger partial charge in [-0.15, -0.1) is 11.3 Å². The van der Waals surface area contributed by atoms with Gasteiger partial charge in [0.2, 0.25) is 0 Å². The van der Waals surface area contributed by atoms with Crippen LogP contribution in [0.1, 0.15) is 22.0 Å². The molecule has 0 atom stereocenters. The Morgan fingerprint density at radius 2 is 1.27 bits per heavy atom. The minimum atomic E-state index is 0.166. The topological polar surface area (TPSA) is 24.9 Å². The summed E-state index contributed by atoms with van der Waals surface area (Å²) >= 11 is 1.74. The lowest BCUT2D eigenvalue weighted by molar-refractivity contribution is 0.609. The second-order valence-electron chi connectivity index (χ2n) is 6.13. The Morgan fingerprint density at radius 3 is 1.85 bits per heavy atom. The number of hydrogen-bond acceptors (Lipinski definition) is 3. The van der Waals surface area contributed by atoms with Gasteiger partial charge in [-0.3, -0.25) is 0 Å². The summed E-state index contributed by atoms with van der Waals surface area (Å²) in [6.07, 6.45) is 1.98. The van der Waals surface area contributed by atoms with Crippen molar-refractivity contribution in [1.82, 2.24) is 10.3 Å². The molecule has 4 aromatic rings. The lowest BCUT2D eigenvalue weighted by Crippen LogP contribution is -2.21. The predicted octanol–water partition coefficient (Wildman–Crippen LogP) is 5.69. The summed E-state index contributed by atoms with van der Waals surface area (Å²) in [6.45, 7) is 0.791. The summed E-state index contributed by atoms with van der Waals surface area (Å²) in [7, 11) is 0. The molecule has 128 valence electrons. The third kappa shape index (κ3) is 3.90. The van der Waals surface area contributed by atoms with Gasteiger partial charge in [-0.2, -0.15) is 0 Å². The molecule has 0 unspecified atom stereocenters. The van der Waals surface area contributed by atoms with Crippen molar-refractivity contribution in [2.75, 3.05) is 0 Å². The van der Waals surface area contributed by atoms with Gasteiger partial charge in [0, 0.05) is 23.2 Å². The maximum Gasteiger partial charge on any atom is 0.123 e. The van der Waals surface area contributed by atoms with Crippen LogP contribution in [0.5, 0.6) is 0 Å². The third-order valence-electron chi connectivity index (χ3n) is 4.32. The molecule has 26 heavy (non-hydrogen) atoms. The van der Waals surface area contributed by atoms with Crippen LogP contribution in [0.25, 0.3) is 10.6 Å². The average Bonchev–Trinajstić information content (AvgIpc) is 3.20. The van der Waals surface area contributed by atoms with Crippen molar-refractivity contribution in [3.63, 3.8) is 0 Å². The third-order valence-corrected chi connectivity index (χ3v) is 5.37. The van der Waals surface area contributed by atoms with Crippen molar-refractivity contribution in [1.29, 1.82) is 0 Å². The number of benzene rings is 3. The van der Waals surface area contributed by atoms with Crippen LogP contribution in [0.15, 0.2) is 97.2 Å². The molecule has 2 nitrogen and oxygen atoms in total.